The third kappa shape index (κ3) is 4.23. The summed E-state index contributed by atoms with van der Waals surface area (Å²) >= 11 is 0. The Morgan fingerprint density at radius 3 is 1.41 bits per heavy atom. The third-order valence-electron chi connectivity index (χ3n) is 7.70. The van der Waals surface area contributed by atoms with Gasteiger partial charge < -0.3 is 4.90 Å². The molecule has 0 amide bonds. The molecule has 39 heavy (non-hydrogen) atoms. The Bertz CT molecular complexity index is 1770. The molecule has 0 heterocycles. The first-order valence-electron chi connectivity index (χ1n) is 13.7. The average Bonchev–Trinajstić information content (AvgIpc) is 3.02. The first-order chi connectivity index (χ1) is 19.4. The molecule has 6 aromatic carbocycles. The molecular weight excluding hydrogens is 470 g/mol. The van der Waals surface area contributed by atoms with Gasteiger partial charge in [-0.15, -0.1) is 0 Å². The Morgan fingerprint density at radius 2 is 0.897 bits per heavy atom. The maximum Gasteiger partial charge on any atom is 0.0458 e. The van der Waals surface area contributed by atoms with Crippen LogP contribution in [0.2, 0.25) is 0 Å². The minimum atomic E-state index is 1.03. The lowest BCUT2D eigenvalue weighted by Crippen LogP contribution is -2.17. The molecule has 0 aliphatic heterocycles. The molecule has 0 N–H and O–H groups in total. The van der Waals surface area contributed by atoms with E-state index in [-0.39, 0.29) is 0 Å². The second kappa shape index (κ2) is 10.1. The standard InChI is InChI=1S/C38H29N/c1-4-14-28(15-5-1)37-33-20-10-12-22-35(33)38(36-23-13-11-21-34(36)37)29-24-26-32(27-25-29)39(30-16-6-2-7-17-30)31-18-8-3-9-19-31/h1-8,10-18,20-27H,9,19H2. The average molecular weight is 500 g/mol. The van der Waals surface area contributed by atoms with E-state index in [1.54, 1.807) is 0 Å². The van der Waals surface area contributed by atoms with Gasteiger partial charge in [0.15, 0.2) is 0 Å². The second-order valence-corrected chi connectivity index (χ2v) is 10.0. The van der Waals surface area contributed by atoms with E-state index < -0.39 is 0 Å². The van der Waals surface area contributed by atoms with E-state index in [0.717, 1.165) is 12.8 Å². The smallest absolute Gasteiger partial charge is 0.0458 e. The number of allylic oxidation sites excluding steroid dienone is 4. The fraction of sp³-hybridized carbons (Fsp3) is 0.0526. The highest BCUT2D eigenvalue weighted by Crippen LogP contribution is 2.44. The van der Waals surface area contributed by atoms with Crippen molar-refractivity contribution < 1.29 is 0 Å². The predicted molar refractivity (Wildman–Crippen MR) is 167 cm³/mol. The Morgan fingerprint density at radius 1 is 0.436 bits per heavy atom. The topological polar surface area (TPSA) is 3.24 Å². The summed E-state index contributed by atoms with van der Waals surface area (Å²) in [4.78, 5) is 2.39. The molecule has 0 fully saturated rings. The molecule has 0 radical (unpaired) electrons. The monoisotopic (exact) mass is 499 g/mol. The number of para-hydroxylation sites is 1. The van der Waals surface area contributed by atoms with Gasteiger partial charge in [-0.1, -0.05) is 121 Å². The Labute approximate surface area is 230 Å². The molecule has 1 heteroatoms. The van der Waals surface area contributed by atoms with Gasteiger partial charge in [0.05, 0.1) is 0 Å². The molecule has 0 unspecified atom stereocenters. The van der Waals surface area contributed by atoms with Crippen molar-refractivity contribution in [2.45, 2.75) is 12.8 Å². The lowest BCUT2D eigenvalue weighted by molar-refractivity contribution is 0.918. The molecule has 0 saturated heterocycles. The Kier molecular flexibility index (Phi) is 6.03. The Balaban J connectivity index is 1.42. The number of hydrogen-bond acceptors (Lipinski definition) is 1. The molecule has 1 nitrogen and oxygen atoms in total. The van der Waals surface area contributed by atoms with Gasteiger partial charge in [-0.3, -0.25) is 0 Å². The molecule has 0 saturated carbocycles. The summed E-state index contributed by atoms with van der Waals surface area (Å²) in [6.07, 6.45) is 8.76. The van der Waals surface area contributed by atoms with Crippen molar-refractivity contribution in [2.75, 3.05) is 4.90 Å². The number of anilines is 2. The minimum Gasteiger partial charge on any atom is -0.314 e. The van der Waals surface area contributed by atoms with Crippen LogP contribution in [0.3, 0.4) is 0 Å². The lowest BCUT2D eigenvalue weighted by Gasteiger charge is -2.29. The predicted octanol–water partition coefficient (Wildman–Crippen LogP) is 10.7. The van der Waals surface area contributed by atoms with Gasteiger partial charge in [0.2, 0.25) is 0 Å². The van der Waals surface area contributed by atoms with Crippen LogP contribution in [0.1, 0.15) is 12.8 Å². The summed E-state index contributed by atoms with van der Waals surface area (Å²) in [7, 11) is 0. The molecule has 0 spiro atoms. The Hall–Kier alpha value is -4.88. The van der Waals surface area contributed by atoms with Gasteiger partial charge in [0.25, 0.3) is 0 Å². The first-order valence-corrected chi connectivity index (χ1v) is 13.7. The molecule has 0 aromatic heterocycles. The highest BCUT2D eigenvalue weighted by Gasteiger charge is 2.18. The maximum atomic E-state index is 2.39. The van der Waals surface area contributed by atoms with Crippen LogP contribution < -0.4 is 4.90 Å². The summed E-state index contributed by atoms with van der Waals surface area (Å²) in [5.41, 5.74) is 8.76. The molecule has 186 valence electrons. The summed E-state index contributed by atoms with van der Waals surface area (Å²) in [5, 5.41) is 5.13. The van der Waals surface area contributed by atoms with E-state index in [9.17, 15) is 0 Å². The number of hydrogen-bond donors (Lipinski definition) is 0. The van der Waals surface area contributed by atoms with E-state index in [1.807, 2.05) is 0 Å². The van der Waals surface area contributed by atoms with Crippen molar-refractivity contribution in [2.24, 2.45) is 0 Å². The van der Waals surface area contributed by atoms with E-state index in [4.69, 9.17) is 0 Å². The molecular formula is C38H29N. The van der Waals surface area contributed by atoms with Crippen LogP contribution in [-0.4, -0.2) is 0 Å². The van der Waals surface area contributed by atoms with Crippen molar-refractivity contribution >= 4 is 32.9 Å². The summed E-state index contributed by atoms with van der Waals surface area (Å²) in [6, 6.07) is 48.3. The largest absolute Gasteiger partial charge is 0.314 e. The molecule has 1 aliphatic rings. The second-order valence-electron chi connectivity index (χ2n) is 10.0. The van der Waals surface area contributed by atoms with Gasteiger partial charge in [0, 0.05) is 17.1 Å². The summed E-state index contributed by atoms with van der Waals surface area (Å²) < 4.78 is 0. The highest BCUT2D eigenvalue weighted by molar-refractivity contribution is 6.21. The molecule has 0 bridgehead atoms. The zero-order valence-electron chi connectivity index (χ0n) is 21.8. The number of nitrogens with zero attached hydrogens (tertiary/aromatic N) is 1. The van der Waals surface area contributed by atoms with E-state index in [0.29, 0.717) is 0 Å². The zero-order chi connectivity index (χ0) is 26.0. The van der Waals surface area contributed by atoms with Crippen LogP contribution in [-0.2, 0) is 0 Å². The number of rotatable bonds is 5. The van der Waals surface area contributed by atoms with Crippen molar-refractivity contribution in [3.63, 3.8) is 0 Å². The number of fused-ring (bicyclic) bond motifs is 2. The van der Waals surface area contributed by atoms with Crippen LogP contribution in [0.15, 0.2) is 157 Å². The SMILES string of the molecule is C1=CCCC(N(c2ccccc2)c2ccc(-c3c4ccccc4c(-c4ccccc4)c4ccccc34)cc2)=C1. The first kappa shape index (κ1) is 23.3. The van der Waals surface area contributed by atoms with Gasteiger partial charge in [-0.2, -0.15) is 0 Å². The van der Waals surface area contributed by atoms with Gasteiger partial charge in [-0.25, -0.2) is 0 Å². The minimum absolute atomic E-state index is 1.03. The van der Waals surface area contributed by atoms with Crippen LogP contribution in [0, 0.1) is 0 Å². The van der Waals surface area contributed by atoms with E-state index in [2.05, 4.69) is 157 Å². The molecule has 0 atom stereocenters. The fourth-order valence-corrected chi connectivity index (χ4v) is 5.97. The van der Waals surface area contributed by atoms with Crippen molar-refractivity contribution in [1.82, 2.24) is 0 Å². The van der Waals surface area contributed by atoms with E-state index >= 15 is 0 Å². The molecule has 7 rings (SSSR count). The number of benzene rings is 6. The fourth-order valence-electron chi connectivity index (χ4n) is 5.97. The zero-order valence-corrected chi connectivity index (χ0v) is 21.8. The normalized spacial score (nSPS) is 13.0. The van der Waals surface area contributed by atoms with Crippen molar-refractivity contribution in [3.05, 3.63) is 157 Å². The van der Waals surface area contributed by atoms with E-state index in [1.165, 1.54) is 60.9 Å². The summed E-state index contributed by atoms with van der Waals surface area (Å²) in [5.74, 6) is 0. The molecule has 1 aliphatic carbocycles. The third-order valence-corrected chi connectivity index (χ3v) is 7.70. The van der Waals surface area contributed by atoms with Gasteiger partial charge >= 0.3 is 0 Å². The van der Waals surface area contributed by atoms with Crippen molar-refractivity contribution in [3.8, 4) is 22.3 Å². The van der Waals surface area contributed by atoms with Gasteiger partial charge in [-0.05, 0) is 87.0 Å². The highest BCUT2D eigenvalue weighted by atomic mass is 15.1. The van der Waals surface area contributed by atoms with Crippen LogP contribution in [0.25, 0.3) is 43.8 Å². The maximum absolute atomic E-state index is 2.39. The van der Waals surface area contributed by atoms with Crippen LogP contribution >= 0.6 is 0 Å². The molecule has 6 aromatic rings. The van der Waals surface area contributed by atoms with Crippen molar-refractivity contribution in [1.29, 1.82) is 0 Å². The van der Waals surface area contributed by atoms with Gasteiger partial charge in [0.1, 0.15) is 0 Å². The summed E-state index contributed by atoms with van der Waals surface area (Å²) in [6.45, 7) is 0. The lowest BCUT2D eigenvalue weighted by atomic mass is 9.86. The van der Waals surface area contributed by atoms with Crippen LogP contribution in [0.5, 0.6) is 0 Å². The quantitative estimate of drug-likeness (QED) is 0.213. The van der Waals surface area contributed by atoms with Crippen LogP contribution in [0.4, 0.5) is 11.4 Å².